The summed E-state index contributed by atoms with van der Waals surface area (Å²) in [5.74, 6) is 0.946. The Balaban J connectivity index is 2.05. The van der Waals surface area contributed by atoms with Gasteiger partial charge in [0.2, 0.25) is 0 Å². The van der Waals surface area contributed by atoms with Gasteiger partial charge in [0, 0.05) is 6.54 Å². The maximum Gasteiger partial charge on any atom is 0.0167 e. The molecule has 0 aromatic heterocycles. The molecular weight excluding hydrogens is 146 g/mol. The van der Waals surface area contributed by atoms with Gasteiger partial charge in [0.1, 0.15) is 0 Å². The first-order valence-electron chi connectivity index (χ1n) is 5.27. The number of rotatable bonds is 0. The molecule has 1 heterocycles. The maximum absolute atomic E-state index is 3.43. The van der Waals surface area contributed by atoms with E-state index in [2.05, 4.69) is 12.2 Å². The van der Waals surface area contributed by atoms with Crippen molar-refractivity contribution in [2.24, 2.45) is 5.92 Å². The highest BCUT2D eigenvalue weighted by atomic mass is 14.9. The highest BCUT2D eigenvalue weighted by Crippen LogP contribution is 2.31. The number of nitrogens with one attached hydrogen (secondary N) is 1. The molecule has 0 aromatic carbocycles. The molecule has 2 aliphatic rings. The third-order valence-electron chi connectivity index (χ3n) is 3.21. The normalized spacial score (nSPS) is 37.2. The molecule has 68 valence electrons. The summed E-state index contributed by atoms with van der Waals surface area (Å²) >= 11 is 0. The summed E-state index contributed by atoms with van der Waals surface area (Å²) in [5, 5.41) is 3.43. The van der Waals surface area contributed by atoms with Gasteiger partial charge in [-0.05, 0) is 38.1 Å². The van der Waals surface area contributed by atoms with Gasteiger partial charge in [-0.2, -0.15) is 0 Å². The number of allylic oxidation sites excluding steroid dienone is 1. The van der Waals surface area contributed by atoms with Crippen LogP contribution in [0.2, 0.25) is 0 Å². The van der Waals surface area contributed by atoms with Gasteiger partial charge in [-0.1, -0.05) is 24.5 Å². The summed E-state index contributed by atoms with van der Waals surface area (Å²) in [6.45, 7) is 4.79. The molecule has 1 aliphatic carbocycles. The largest absolute Gasteiger partial charge is 0.313 e. The van der Waals surface area contributed by atoms with E-state index >= 15 is 0 Å². The van der Waals surface area contributed by atoms with E-state index in [-0.39, 0.29) is 0 Å². The van der Waals surface area contributed by atoms with Crippen LogP contribution in [0.3, 0.4) is 0 Å². The van der Waals surface area contributed by atoms with Gasteiger partial charge in [-0.15, -0.1) is 0 Å². The van der Waals surface area contributed by atoms with Crippen molar-refractivity contribution in [1.29, 1.82) is 0 Å². The lowest BCUT2D eigenvalue weighted by atomic mass is 9.84. The predicted molar refractivity (Wildman–Crippen MR) is 52.1 cm³/mol. The van der Waals surface area contributed by atoms with Crippen molar-refractivity contribution in [2.75, 3.05) is 13.1 Å². The van der Waals surface area contributed by atoms with Crippen LogP contribution in [0.4, 0.5) is 0 Å². The van der Waals surface area contributed by atoms with Crippen LogP contribution in [0, 0.1) is 5.92 Å². The first-order chi connectivity index (χ1) is 5.86. The molecule has 1 saturated carbocycles. The summed E-state index contributed by atoms with van der Waals surface area (Å²) in [6.07, 6.45) is 6.98. The van der Waals surface area contributed by atoms with Crippen LogP contribution >= 0.6 is 0 Å². The summed E-state index contributed by atoms with van der Waals surface area (Å²) in [5.41, 5.74) is 3.53. The zero-order chi connectivity index (χ0) is 8.39. The van der Waals surface area contributed by atoms with Gasteiger partial charge in [0.25, 0.3) is 0 Å². The second-order valence-electron chi connectivity index (χ2n) is 4.34. The molecule has 1 aliphatic heterocycles. The molecule has 1 heteroatoms. The Bertz CT molecular complexity index is 185. The summed E-state index contributed by atoms with van der Waals surface area (Å²) in [7, 11) is 0. The molecule has 0 amide bonds. The predicted octanol–water partition coefficient (Wildman–Crippen LogP) is 2.49. The zero-order valence-corrected chi connectivity index (χ0v) is 8.03. The highest BCUT2D eigenvalue weighted by molar-refractivity contribution is 5.20. The van der Waals surface area contributed by atoms with E-state index in [4.69, 9.17) is 0 Å². The fraction of sp³-hybridized carbons (Fsp3) is 0.818. The van der Waals surface area contributed by atoms with Crippen LogP contribution in [0.5, 0.6) is 0 Å². The molecule has 1 N–H and O–H groups in total. The average molecular weight is 165 g/mol. The maximum atomic E-state index is 3.43. The Morgan fingerprint density at radius 1 is 1.25 bits per heavy atom. The van der Waals surface area contributed by atoms with Crippen LogP contribution in [-0.4, -0.2) is 13.1 Å². The van der Waals surface area contributed by atoms with Gasteiger partial charge in [0.15, 0.2) is 0 Å². The Labute approximate surface area is 75.2 Å². The van der Waals surface area contributed by atoms with Crippen molar-refractivity contribution in [2.45, 2.75) is 39.0 Å². The lowest BCUT2D eigenvalue weighted by Gasteiger charge is -2.22. The van der Waals surface area contributed by atoms with E-state index in [9.17, 15) is 0 Å². The van der Waals surface area contributed by atoms with Crippen LogP contribution in [-0.2, 0) is 0 Å². The van der Waals surface area contributed by atoms with E-state index in [1.54, 1.807) is 11.1 Å². The lowest BCUT2D eigenvalue weighted by Crippen LogP contribution is -2.09. The molecule has 2 fully saturated rings. The van der Waals surface area contributed by atoms with E-state index in [1.807, 2.05) is 0 Å². The number of hydrogen-bond donors (Lipinski definition) is 1. The summed E-state index contributed by atoms with van der Waals surface area (Å²) in [6, 6.07) is 0. The van der Waals surface area contributed by atoms with Crippen molar-refractivity contribution in [3.05, 3.63) is 11.1 Å². The smallest absolute Gasteiger partial charge is 0.0167 e. The Hall–Kier alpha value is -0.300. The molecule has 0 bridgehead atoms. The molecule has 0 radical (unpaired) electrons. The Kier molecular flexibility index (Phi) is 2.50. The molecular formula is C11H19N. The van der Waals surface area contributed by atoms with Gasteiger partial charge in [-0.3, -0.25) is 0 Å². The lowest BCUT2D eigenvalue weighted by molar-refractivity contribution is 0.449. The van der Waals surface area contributed by atoms with Gasteiger partial charge < -0.3 is 5.32 Å². The van der Waals surface area contributed by atoms with Crippen LogP contribution in [0.25, 0.3) is 0 Å². The van der Waals surface area contributed by atoms with E-state index in [1.165, 1.54) is 45.2 Å². The van der Waals surface area contributed by atoms with Gasteiger partial charge >= 0.3 is 0 Å². The topological polar surface area (TPSA) is 12.0 Å². The van der Waals surface area contributed by atoms with Gasteiger partial charge in [0.05, 0.1) is 0 Å². The van der Waals surface area contributed by atoms with Gasteiger partial charge in [-0.25, -0.2) is 0 Å². The standard InChI is InChI=1S/C11H19N/c1-9-3-2-4-10(7-9)11-5-6-12-8-11/h9,12H,2-8H2,1H3. The molecule has 12 heavy (non-hydrogen) atoms. The fourth-order valence-corrected chi connectivity index (χ4v) is 2.48. The van der Waals surface area contributed by atoms with E-state index in [0.717, 1.165) is 5.92 Å². The Morgan fingerprint density at radius 2 is 2.17 bits per heavy atom. The van der Waals surface area contributed by atoms with Crippen LogP contribution < -0.4 is 5.32 Å². The van der Waals surface area contributed by atoms with Crippen molar-refractivity contribution < 1.29 is 0 Å². The van der Waals surface area contributed by atoms with E-state index < -0.39 is 0 Å². The molecule has 1 nitrogen and oxygen atoms in total. The zero-order valence-electron chi connectivity index (χ0n) is 8.03. The average Bonchev–Trinajstić information content (AvgIpc) is 2.56. The minimum atomic E-state index is 0.946. The SMILES string of the molecule is CC1CCCC(=C2CCNC2)C1. The third-order valence-corrected chi connectivity index (χ3v) is 3.21. The van der Waals surface area contributed by atoms with Crippen molar-refractivity contribution in [3.8, 4) is 0 Å². The summed E-state index contributed by atoms with van der Waals surface area (Å²) < 4.78 is 0. The molecule has 1 saturated heterocycles. The molecule has 0 aromatic rings. The fourth-order valence-electron chi connectivity index (χ4n) is 2.48. The minimum Gasteiger partial charge on any atom is -0.313 e. The molecule has 2 rings (SSSR count). The quantitative estimate of drug-likeness (QED) is 0.544. The highest BCUT2D eigenvalue weighted by Gasteiger charge is 2.17. The Morgan fingerprint density at radius 3 is 2.83 bits per heavy atom. The summed E-state index contributed by atoms with van der Waals surface area (Å²) in [4.78, 5) is 0. The van der Waals surface area contributed by atoms with Crippen molar-refractivity contribution in [3.63, 3.8) is 0 Å². The van der Waals surface area contributed by atoms with Crippen molar-refractivity contribution >= 4 is 0 Å². The number of hydrogen-bond acceptors (Lipinski definition) is 1. The molecule has 1 unspecified atom stereocenters. The monoisotopic (exact) mass is 165 g/mol. The van der Waals surface area contributed by atoms with Crippen LogP contribution in [0.1, 0.15) is 39.0 Å². The molecule has 1 atom stereocenters. The van der Waals surface area contributed by atoms with Crippen molar-refractivity contribution in [1.82, 2.24) is 5.32 Å². The third kappa shape index (κ3) is 1.71. The van der Waals surface area contributed by atoms with Crippen LogP contribution in [0.15, 0.2) is 11.1 Å². The minimum absolute atomic E-state index is 0.946. The second-order valence-corrected chi connectivity index (χ2v) is 4.34. The first kappa shape index (κ1) is 8.31. The van der Waals surface area contributed by atoms with E-state index in [0.29, 0.717) is 0 Å². The molecule has 0 spiro atoms. The first-order valence-corrected chi connectivity index (χ1v) is 5.27. The second kappa shape index (κ2) is 3.61.